The van der Waals surface area contributed by atoms with Gasteiger partial charge in [-0.25, -0.2) is 47.7 Å². The van der Waals surface area contributed by atoms with Gasteiger partial charge in [0.1, 0.15) is 41.8 Å². The van der Waals surface area contributed by atoms with Crippen LogP contribution in [0, 0.1) is 13.8 Å². The summed E-state index contributed by atoms with van der Waals surface area (Å²) in [4.78, 5) is 82.7. The highest BCUT2D eigenvalue weighted by Gasteiger charge is 2.47. The first-order valence-corrected chi connectivity index (χ1v) is 23.6. The van der Waals surface area contributed by atoms with Crippen molar-refractivity contribution >= 4 is 73.2 Å². The number of phosphoric ester groups is 2. The van der Waals surface area contributed by atoms with E-state index in [9.17, 15) is 42.8 Å². The Bertz CT molecular complexity index is 2310. The van der Waals surface area contributed by atoms with Crippen molar-refractivity contribution in [1.29, 1.82) is 0 Å². The van der Waals surface area contributed by atoms with Crippen LogP contribution in [0.15, 0.2) is 24.4 Å². The van der Waals surface area contributed by atoms with Gasteiger partial charge in [0, 0.05) is 19.5 Å². The van der Waals surface area contributed by atoms with E-state index in [2.05, 4.69) is 46.9 Å². The van der Waals surface area contributed by atoms with Gasteiger partial charge in [0.15, 0.2) is 29.9 Å². The number of aromatic nitrogens is 7. The summed E-state index contributed by atoms with van der Waals surface area (Å²) in [5, 5.41) is 20.4. The fourth-order valence-corrected chi connectivity index (χ4v) is 10.3. The molecule has 0 spiro atoms. The number of nitrogens with zero attached hydrogens (tertiary/aromatic N) is 7. The summed E-state index contributed by atoms with van der Waals surface area (Å²) in [7, 11) is -26.6. The molecule has 0 radical (unpaired) electrons. The summed E-state index contributed by atoms with van der Waals surface area (Å²) in [6.45, 7) is 2.88. The van der Waals surface area contributed by atoms with Crippen LogP contribution in [0.1, 0.15) is 28.2 Å². The number of ether oxygens (including phenoxy) is 1. The van der Waals surface area contributed by atoms with Crippen LogP contribution in [0.3, 0.4) is 0 Å². The molecule has 1 aliphatic rings. The first-order chi connectivity index (χ1) is 26.2. The second-order valence-corrected chi connectivity index (χ2v) is 19.5. The molecule has 3 unspecified atom stereocenters. The topological polar surface area (TPSA) is 448 Å². The Kier molecular flexibility index (Phi) is 15.2. The van der Waals surface area contributed by atoms with Crippen molar-refractivity contribution in [2.75, 3.05) is 24.7 Å². The van der Waals surface area contributed by atoms with Gasteiger partial charge in [-0.05, 0) is 6.92 Å². The lowest BCUT2D eigenvalue weighted by Crippen LogP contribution is -2.35. The number of nitrogens with two attached hydrogens (primary N) is 2. The highest BCUT2D eigenvalue weighted by Crippen LogP contribution is 2.66. The molecule has 0 amide bonds. The summed E-state index contributed by atoms with van der Waals surface area (Å²) >= 11 is 1.40. The van der Waals surface area contributed by atoms with Crippen LogP contribution >= 0.6 is 50.5 Å². The van der Waals surface area contributed by atoms with Crippen LogP contribution in [0.25, 0.3) is 11.2 Å². The fraction of sp³-hybridized carbons (Fsp3) is 0.455. The van der Waals surface area contributed by atoms with Crippen molar-refractivity contribution in [2.24, 2.45) is 0 Å². The maximum Gasteiger partial charge on any atom is 0.490 e. The van der Waals surface area contributed by atoms with Crippen molar-refractivity contribution < 1.29 is 98.6 Å². The molecule has 318 valence electrons. The van der Waals surface area contributed by atoms with Crippen LogP contribution in [0.4, 0.5) is 11.6 Å². The highest BCUT2D eigenvalue weighted by molar-refractivity contribution is 7.66. The monoisotopic (exact) mass is 932 g/mol. The zero-order chi connectivity index (χ0) is 42.7. The number of nitrogen functional groups attached to an aromatic ring is 2. The predicted octanol–water partition coefficient (Wildman–Crippen LogP) is -0.787. The van der Waals surface area contributed by atoms with Crippen molar-refractivity contribution in [3.8, 4) is 0 Å². The third kappa shape index (κ3) is 13.7. The number of thiazole rings is 1. The van der Waals surface area contributed by atoms with Crippen LogP contribution in [-0.4, -0.2) is 105 Å². The van der Waals surface area contributed by atoms with E-state index in [-0.39, 0.29) is 30.0 Å². The molecule has 0 bridgehead atoms. The summed E-state index contributed by atoms with van der Waals surface area (Å²) < 4.78 is 84.1. The van der Waals surface area contributed by atoms with Gasteiger partial charge in [0.2, 0.25) is 5.51 Å². The number of anilines is 2. The molecule has 57 heavy (non-hydrogen) atoms. The quantitative estimate of drug-likeness (QED) is 0.0484. The molecule has 4 aromatic rings. The molecular formula is C22H35N9O20P5S+. The molecule has 5 rings (SSSR count). The number of imidazole rings is 1. The van der Waals surface area contributed by atoms with Gasteiger partial charge in [-0.3, -0.25) is 13.6 Å². The van der Waals surface area contributed by atoms with Crippen LogP contribution < -0.4 is 16.0 Å². The predicted molar refractivity (Wildman–Crippen MR) is 188 cm³/mol. The number of aryl methyl sites for hydroxylation is 1. The van der Waals surface area contributed by atoms with E-state index in [1.165, 1.54) is 22.2 Å². The number of hydrogen-bond acceptors (Lipinski definition) is 21. The third-order valence-corrected chi connectivity index (χ3v) is 14.3. The Morgan fingerprint density at radius 1 is 0.842 bits per heavy atom. The molecule has 0 aliphatic carbocycles. The Morgan fingerprint density at radius 2 is 1.47 bits per heavy atom. The molecule has 0 aromatic carbocycles. The van der Waals surface area contributed by atoms with Crippen LogP contribution in [-0.2, 0) is 62.5 Å². The second-order valence-electron chi connectivity index (χ2n) is 11.3. The summed E-state index contributed by atoms with van der Waals surface area (Å²) in [6, 6.07) is 0. The van der Waals surface area contributed by atoms with Gasteiger partial charge in [-0.15, -0.1) is 0 Å². The molecule has 4 aromatic heterocycles. The lowest BCUT2D eigenvalue weighted by molar-refractivity contribution is -0.689. The summed E-state index contributed by atoms with van der Waals surface area (Å²) in [6.07, 6.45) is -1.77. The van der Waals surface area contributed by atoms with Gasteiger partial charge in [0.25, 0.3) is 0 Å². The average Bonchev–Trinajstić information content (AvgIpc) is 3.71. The number of aliphatic hydroxyl groups is 2. The maximum atomic E-state index is 11.8. The van der Waals surface area contributed by atoms with E-state index < -0.39 is 70.3 Å². The Balaban J connectivity index is 0.000000257. The Hall–Kier alpha value is -2.59. The molecule has 1 aliphatic heterocycles. The van der Waals surface area contributed by atoms with Gasteiger partial charge in [-0.2, -0.15) is 17.5 Å². The van der Waals surface area contributed by atoms with Crippen molar-refractivity contribution in [1.82, 2.24) is 29.5 Å². The van der Waals surface area contributed by atoms with E-state index in [0.717, 1.165) is 22.5 Å². The number of aliphatic hydroxyl groups excluding tert-OH is 2. The first-order valence-electron chi connectivity index (χ1n) is 15.2. The minimum absolute atomic E-state index is 0.0426. The normalized spacial score (nSPS) is 22.0. The fourth-order valence-electron chi connectivity index (χ4n) is 4.70. The van der Waals surface area contributed by atoms with Crippen molar-refractivity contribution in [3.05, 3.63) is 46.3 Å². The van der Waals surface area contributed by atoms with E-state index >= 15 is 0 Å². The van der Waals surface area contributed by atoms with Gasteiger partial charge in [-0.1, -0.05) is 11.3 Å². The van der Waals surface area contributed by atoms with Crippen LogP contribution in [0.2, 0.25) is 0 Å². The van der Waals surface area contributed by atoms with Crippen molar-refractivity contribution in [2.45, 2.75) is 51.4 Å². The van der Waals surface area contributed by atoms with E-state index in [1.54, 1.807) is 13.1 Å². The number of rotatable bonds is 16. The molecular weight excluding hydrogens is 897 g/mol. The first kappa shape index (κ1) is 47.1. The van der Waals surface area contributed by atoms with Gasteiger partial charge < -0.3 is 60.7 Å². The maximum absolute atomic E-state index is 11.8. The molecule has 0 saturated carbocycles. The molecule has 7 atom stereocenters. The zero-order valence-corrected chi connectivity index (χ0v) is 34.2. The van der Waals surface area contributed by atoms with E-state index in [1.807, 2.05) is 17.0 Å². The highest BCUT2D eigenvalue weighted by atomic mass is 32.1. The standard InChI is InChI=1S/C12H18N4O7P2S.C10H16N5O13P3/c1-8-11(3-4-22-25(20,21)23-24(17,18)19)26-7-16(8)6-10-5-14-9(2)15-12(10)13;11-8-5-9(13-2-12-8)15(3-14-5)10-7(17)6(16)4(26-10)1-25-30(21,22)28-31(23,24)27-29(18,19)20/h5,7H,3-4,6H2,1-2H3,(H4-,13,14,15,17,18,19,20,21);2-4,6-7,10,16-17H,1H2,(H,21,22)(H,23,24)(H2,11,12,13)(H2,18,19,20)/p+1/t;4-,6-,7-,10-/m.1/s1. The smallest absolute Gasteiger partial charge is 0.387 e. The number of phosphoric acid groups is 5. The summed E-state index contributed by atoms with van der Waals surface area (Å²) in [5.41, 5.74) is 15.4. The second kappa shape index (κ2) is 18.4. The third-order valence-electron chi connectivity index (χ3n) is 7.13. The molecule has 29 nitrogen and oxygen atoms in total. The van der Waals surface area contributed by atoms with Gasteiger partial charge in [0.05, 0.1) is 30.0 Å². The molecule has 1 saturated heterocycles. The number of hydrogen-bond donors (Lipinski definition) is 11. The Morgan fingerprint density at radius 3 is 2.11 bits per heavy atom. The minimum atomic E-state index is -5.70. The summed E-state index contributed by atoms with van der Waals surface area (Å²) in [5.74, 6) is 1.03. The Labute approximate surface area is 323 Å². The SMILES string of the molecule is Cc1ncc(C[n+]2csc(CCOP(=O)(O)OP(=O)(O)O)c2C)c(N)n1.Nc1ncnc2c1ncn2[C@@H]1O[C@H](COP(=O)(O)OP(=O)(O)OP(=O)(O)O)[C@@H](O)[C@H]1O. The van der Waals surface area contributed by atoms with E-state index in [4.69, 9.17) is 40.7 Å². The van der Waals surface area contributed by atoms with Crippen LogP contribution in [0.5, 0.6) is 0 Å². The molecule has 1 fully saturated rings. The van der Waals surface area contributed by atoms with E-state index in [0.29, 0.717) is 18.2 Å². The zero-order valence-electron chi connectivity index (χ0n) is 28.9. The van der Waals surface area contributed by atoms with Crippen molar-refractivity contribution in [3.63, 3.8) is 0 Å². The lowest BCUT2D eigenvalue weighted by Gasteiger charge is -2.19. The molecule has 5 heterocycles. The lowest BCUT2D eigenvalue weighted by atomic mass is 10.1. The minimum Gasteiger partial charge on any atom is -0.387 e. The molecule has 35 heteroatoms. The average molecular weight is 933 g/mol. The number of fused-ring (bicyclic) bond motifs is 1. The largest absolute Gasteiger partial charge is 0.490 e. The van der Waals surface area contributed by atoms with Gasteiger partial charge >= 0.3 is 39.1 Å². The molecule has 13 N–H and O–H groups in total.